The van der Waals surface area contributed by atoms with Crippen LogP contribution in [0.5, 0.6) is 0 Å². The summed E-state index contributed by atoms with van der Waals surface area (Å²) in [6, 6.07) is 7.54. The van der Waals surface area contributed by atoms with Gasteiger partial charge in [0.2, 0.25) is 0 Å². The van der Waals surface area contributed by atoms with Crippen LogP contribution >= 0.6 is 0 Å². The zero-order valence-electron chi connectivity index (χ0n) is 17.8. The van der Waals surface area contributed by atoms with E-state index in [0.29, 0.717) is 12.0 Å². The molecular formula is C22H34N6. The van der Waals surface area contributed by atoms with E-state index >= 15 is 0 Å². The maximum atomic E-state index is 4.51. The minimum Gasteiger partial charge on any atom is -0.369 e. The Hall–Kier alpha value is -1.95. The summed E-state index contributed by atoms with van der Waals surface area (Å²) in [5, 5.41) is 13.0. The highest BCUT2D eigenvalue weighted by atomic mass is 15.6. The zero-order valence-corrected chi connectivity index (χ0v) is 17.8. The molecule has 0 bridgehead atoms. The van der Waals surface area contributed by atoms with Gasteiger partial charge in [0, 0.05) is 31.9 Å². The Morgan fingerprint density at radius 2 is 1.71 bits per heavy atom. The van der Waals surface area contributed by atoms with Crippen LogP contribution in [0, 0.1) is 19.8 Å². The van der Waals surface area contributed by atoms with Gasteiger partial charge in [-0.1, -0.05) is 38.8 Å². The van der Waals surface area contributed by atoms with Gasteiger partial charge in [0.05, 0.1) is 12.1 Å². The topological polar surface area (TPSA) is 50.1 Å². The van der Waals surface area contributed by atoms with Crippen LogP contribution in [-0.4, -0.2) is 51.3 Å². The van der Waals surface area contributed by atoms with E-state index < -0.39 is 0 Å². The van der Waals surface area contributed by atoms with Crippen molar-refractivity contribution in [1.29, 1.82) is 0 Å². The minimum absolute atomic E-state index is 0.288. The van der Waals surface area contributed by atoms with Crippen LogP contribution in [-0.2, 0) is 0 Å². The summed E-state index contributed by atoms with van der Waals surface area (Å²) in [5.41, 5.74) is 4.08. The van der Waals surface area contributed by atoms with E-state index in [9.17, 15) is 0 Å². The van der Waals surface area contributed by atoms with Gasteiger partial charge >= 0.3 is 0 Å². The van der Waals surface area contributed by atoms with Gasteiger partial charge in [0.15, 0.2) is 5.82 Å². The first kappa shape index (κ1) is 19.4. The average molecular weight is 383 g/mol. The van der Waals surface area contributed by atoms with E-state index in [2.05, 4.69) is 75.9 Å². The highest BCUT2D eigenvalue weighted by Gasteiger charge is 2.33. The van der Waals surface area contributed by atoms with Crippen molar-refractivity contribution in [2.45, 2.75) is 65.5 Å². The van der Waals surface area contributed by atoms with Crippen molar-refractivity contribution >= 4 is 5.69 Å². The quantitative estimate of drug-likeness (QED) is 0.784. The maximum Gasteiger partial charge on any atom is 0.168 e. The van der Waals surface area contributed by atoms with E-state index in [4.69, 9.17) is 0 Å². The molecular weight excluding hydrogens is 348 g/mol. The highest BCUT2D eigenvalue weighted by molar-refractivity contribution is 5.55. The van der Waals surface area contributed by atoms with Crippen molar-refractivity contribution in [2.24, 2.45) is 5.92 Å². The number of rotatable bonds is 5. The molecule has 152 valence electrons. The molecule has 1 saturated heterocycles. The number of tetrazole rings is 1. The van der Waals surface area contributed by atoms with E-state index in [1.165, 1.54) is 42.5 Å². The van der Waals surface area contributed by atoms with Gasteiger partial charge in [-0.15, -0.1) is 5.10 Å². The molecule has 0 spiro atoms. The van der Waals surface area contributed by atoms with Gasteiger partial charge in [-0.25, -0.2) is 4.68 Å². The summed E-state index contributed by atoms with van der Waals surface area (Å²) in [5.74, 6) is 1.56. The van der Waals surface area contributed by atoms with Gasteiger partial charge < -0.3 is 4.90 Å². The Morgan fingerprint density at radius 1 is 1.00 bits per heavy atom. The second-order valence-electron chi connectivity index (χ2n) is 8.92. The normalized spacial score (nSPS) is 20.2. The SMILES string of the molecule is Cc1ccc(C)c(N2CCN(C(c3nnnn3C3CCCC3)C(C)C)CC2)c1. The molecule has 1 aromatic carbocycles. The molecule has 0 amide bonds. The lowest BCUT2D eigenvalue weighted by Crippen LogP contribution is -2.49. The van der Waals surface area contributed by atoms with Crippen LogP contribution in [0.2, 0.25) is 0 Å². The van der Waals surface area contributed by atoms with E-state index in [-0.39, 0.29) is 6.04 Å². The molecule has 1 aromatic heterocycles. The Morgan fingerprint density at radius 3 is 2.39 bits per heavy atom. The summed E-state index contributed by atoms with van der Waals surface area (Å²) in [6.07, 6.45) is 5.02. The predicted molar refractivity (Wildman–Crippen MR) is 113 cm³/mol. The molecule has 6 heteroatoms. The lowest BCUT2D eigenvalue weighted by molar-refractivity contribution is 0.132. The molecule has 1 atom stereocenters. The number of benzene rings is 1. The van der Waals surface area contributed by atoms with Crippen molar-refractivity contribution < 1.29 is 0 Å². The second kappa shape index (κ2) is 8.19. The first-order chi connectivity index (χ1) is 13.5. The number of aromatic nitrogens is 4. The van der Waals surface area contributed by atoms with E-state index in [0.717, 1.165) is 32.0 Å². The van der Waals surface area contributed by atoms with Gasteiger partial charge in [-0.2, -0.15) is 0 Å². The number of hydrogen-bond acceptors (Lipinski definition) is 5. The van der Waals surface area contributed by atoms with Gasteiger partial charge in [-0.3, -0.25) is 4.90 Å². The van der Waals surface area contributed by atoms with Crippen molar-refractivity contribution in [2.75, 3.05) is 31.1 Å². The molecule has 2 heterocycles. The second-order valence-corrected chi connectivity index (χ2v) is 8.92. The Bertz CT molecular complexity index is 784. The summed E-state index contributed by atoms with van der Waals surface area (Å²) in [4.78, 5) is 5.14. The molecule has 2 aliphatic rings. The summed E-state index contributed by atoms with van der Waals surface area (Å²) < 4.78 is 2.15. The smallest absolute Gasteiger partial charge is 0.168 e. The third kappa shape index (κ3) is 3.79. The Balaban J connectivity index is 1.50. The van der Waals surface area contributed by atoms with Crippen LogP contribution < -0.4 is 4.90 Å². The van der Waals surface area contributed by atoms with Crippen molar-refractivity contribution in [1.82, 2.24) is 25.1 Å². The molecule has 1 unspecified atom stereocenters. The largest absolute Gasteiger partial charge is 0.369 e. The fraction of sp³-hybridized carbons (Fsp3) is 0.682. The highest BCUT2D eigenvalue weighted by Crippen LogP contribution is 2.34. The molecule has 1 saturated carbocycles. The van der Waals surface area contributed by atoms with Crippen molar-refractivity contribution in [3.63, 3.8) is 0 Å². The molecule has 2 aromatic rings. The summed E-state index contributed by atoms with van der Waals surface area (Å²) >= 11 is 0. The molecule has 0 radical (unpaired) electrons. The number of aryl methyl sites for hydroxylation is 2. The fourth-order valence-corrected chi connectivity index (χ4v) is 4.99. The van der Waals surface area contributed by atoms with Crippen LogP contribution in [0.3, 0.4) is 0 Å². The third-order valence-corrected chi connectivity index (χ3v) is 6.50. The number of piperazine rings is 1. The average Bonchev–Trinajstić information content (AvgIpc) is 3.36. The monoisotopic (exact) mass is 382 g/mol. The molecule has 28 heavy (non-hydrogen) atoms. The molecule has 6 nitrogen and oxygen atoms in total. The molecule has 4 rings (SSSR count). The number of nitrogens with zero attached hydrogens (tertiary/aromatic N) is 6. The maximum absolute atomic E-state index is 4.51. The van der Waals surface area contributed by atoms with Crippen LogP contribution in [0.25, 0.3) is 0 Å². The summed E-state index contributed by atoms with van der Waals surface area (Å²) in [7, 11) is 0. The first-order valence-corrected chi connectivity index (χ1v) is 10.9. The third-order valence-electron chi connectivity index (χ3n) is 6.50. The van der Waals surface area contributed by atoms with Gasteiger partial charge in [0.1, 0.15) is 0 Å². The fourth-order valence-electron chi connectivity index (χ4n) is 4.99. The predicted octanol–water partition coefficient (Wildman–Crippen LogP) is 3.92. The number of hydrogen-bond donors (Lipinski definition) is 0. The summed E-state index contributed by atoms with van der Waals surface area (Å²) in [6.45, 7) is 13.2. The zero-order chi connectivity index (χ0) is 19.7. The van der Waals surface area contributed by atoms with Crippen LogP contribution in [0.15, 0.2) is 18.2 Å². The van der Waals surface area contributed by atoms with Crippen molar-refractivity contribution in [3.8, 4) is 0 Å². The molecule has 1 aliphatic heterocycles. The lowest BCUT2D eigenvalue weighted by Gasteiger charge is -2.41. The van der Waals surface area contributed by atoms with E-state index in [1.54, 1.807) is 0 Å². The first-order valence-electron chi connectivity index (χ1n) is 10.9. The molecule has 1 aliphatic carbocycles. The van der Waals surface area contributed by atoms with Crippen LogP contribution in [0.4, 0.5) is 5.69 Å². The Kier molecular flexibility index (Phi) is 5.67. The van der Waals surface area contributed by atoms with Gasteiger partial charge in [0.25, 0.3) is 0 Å². The molecule has 2 fully saturated rings. The molecule has 0 N–H and O–H groups in total. The van der Waals surface area contributed by atoms with Crippen LogP contribution in [0.1, 0.15) is 68.6 Å². The van der Waals surface area contributed by atoms with Gasteiger partial charge in [-0.05, 0) is 60.2 Å². The number of anilines is 1. The Labute approximate surface area is 168 Å². The standard InChI is InChI=1S/C22H34N6/c1-16(2)21(22-23-24-25-28(22)19-7-5-6-8-19)27-13-11-26(12-14-27)20-15-17(3)9-10-18(20)4/h9-10,15-16,19,21H,5-8,11-14H2,1-4H3. The minimum atomic E-state index is 0.288. The van der Waals surface area contributed by atoms with E-state index in [1.807, 2.05) is 0 Å². The lowest BCUT2D eigenvalue weighted by atomic mass is 10.00. The van der Waals surface area contributed by atoms with Crippen molar-refractivity contribution in [3.05, 3.63) is 35.2 Å².